The maximum absolute atomic E-state index is 13.8. The summed E-state index contributed by atoms with van der Waals surface area (Å²) in [6, 6.07) is 8.16. The van der Waals surface area contributed by atoms with Crippen LogP contribution in [-0.4, -0.2) is 11.9 Å². The molecule has 24 heavy (non-hydrogen) atoms. The van der Waals surface area contributed by atoms with E-state index in [4.69, 9.17) is 0 Å². The van der Waals surface area contributed by atoms with Gasteiger partial charge in [0.2, 0.25) is 5.91 Å². The topological polar surface area (TPSA) is 41.1 Å². The van der Waals surface area contributed by atoms with Crippen LogP contribution in [-0.2, 0) is 4.79 Å². The van der Waals surface area contributed by atoms with Crippen LogP contribution < -0.4 is 10.6 Å². The first kappa shape index (κ1) is 18.1. The number of rotatable bonds is 5. The van der Waals surface area contributed by atoms with Crippen LogP contribution in [0, 0.1) is 25.5 Å². The largest absolute Gasteiger partial charge is 0.325 e. The Hall–Kier alpha value is -2.27. The number of amides is 1. The highest BCUT2D eigenvalue weighted by atomic mass is 19.1. The van der Waals surface area contributed by atoms with E-state index in [1.54, 1.807) is 13.8 Å². The maximum Gasteiger partial charge on any atom is 0.241 e. The molecule has 1 amide bonds. The minimum Gasteiger partial charge on any atom is -0.325 e. The average molecular weight is 332 g/mol. The van der Waals surface area contributed by atoms with E-state index >= 15 is 0 Å². The molecule has 0 aliphatic carbocycles. The molecule has 2 unspecified atom stereocenters. The summed E-state index contributed by atoms with van der Waals surface area (Å²) in [7, 11) is 0. The predicted molar refractivity (Wildman–Crippen MR) is 91.9 cm³/mol. The van der Waals surface area contributed by atoms with Gasteiger partial charge in [-0.3, -0.25) is 10.1 Å². The van der Waals surface area contributed by atoms with Gasteiger partial charge in [-0.25, -0.2) is 8.78 Å². The number of halogens is 2. The molecule has 2 aromatic carbocycles. The molecule has 0 fully saturated rings. The van der Waals surface area contributed by atoms with Crippen molar-refractivity contribution >= 4 is 11.6 Å². The number of hydrogen-bond donors (Lipinski definition) is 2. The Bertz CT molecular complexity index is 746. The van der Waals surface area contributed by atoms with E-state index in [0.717, 1.165) is 22.9 Å². The summed E-state index contributed by atoms with van der Waals surface area (Å²) in [5.41, 5.74) is 3.29. The van der Waals surface area contributed by atoms with Crippen molar-refractivity contribution in [2.75, 3.05) is 5.32 Å². The lowest BCUT2D eigenvalue weighted by Crippen LogP contribution is -2.39. The van der Waals surface area contributed by atoms with E-state index < -0.39 is 23.7 Å². The number of aryl methyl sites for hydroxylation is 2. The highest BCUT2D eigenvalue weighted by molar-refractivity contribution is 5.94. The molecule has 0 radical (unpaired) electrons. The lowest BCUT2D eigenvalue weighted by molar-refractivity contribution is -0.117. The van der Waals surface area contributed by atoms with E-state index in [9.17, 15) is 13.6 Å². The molecule has 2 N–H and O–H groups in total. The zero-order valence-corrected chi connectivity index (χ0v) is 14.3. The molecule has 3 nitrogen and oxygen atoms in total. The van der Waals surface area contributed by atoms with Crippen LogP contribution in [0.4, 0.5) is 14.5 Å². The maximum atomic E-state index is 13.8. The van der Waals surface area contributed by atoms with E-state index in [2.05, 4.69) is 10.6 Å². The summed E-state index contributed by atoms with van der Waals surface area (Å²) in [4.78, 5) is 12.3. The Balaban J connectivity index is 2.01. The molecule has 0 aliphatic heterocycles. The Kier molecular flexibility index (Phi) is 5.67. The molecular formula is C19H22F2N2O. The Morgan fingerprint density at radius 3 is 2.33 bits per heavy atom. The Morgan fingerprint density at radius 2 is 1.71 bits per heavy atom. The van der Waals surface area contributed by atoms with Gasteiger partial charge in [-0.2, -0.15) is 0 Å². The minimum absolute atomic E-state index is 0.215. The molecule has 2 rings (SSSR count). The third-order valence-corrected chi connectivity index (χ3v) is 4.10. The molecule has 0 bridgehead atoms. The molecule has 2 atom stereocenters. The fourth-order valence-corrected chi connectivity index (χ4v) is 2.46. The van der Waals surface area contributed by atoms with Gasteiger partial charge in [0, 0.05) is 23.4 Å². The Morgan fingerprint density at radius 1 is 1.00 bits per heavy atom. The SMILES string of the molecule is Cc1ccc(NC(=O)C(C)NC(C)c2ccc(F)cc2F)cc1C. The summed E-state index contributed by atoms with van der Waals surface area (Å²) >= 11 is 0. The summed E-state index contributed by atoms with van der Waals surface area (Å²) in [6.07, 6.45) is 0. The summed E-state index contributed by atoms with van der Waals surface area (Å²) in [5, 5.41) is 5.86. The molecule has 0 saturated heterocycles. The van der Waals surface area contributed by atoms with Crippen molar-refractivity contribution in [3.05, 3.63) is 64.7 Å². The summed E-state index contributed by atoms with van der Waals surface area (Å²) < 4.78 is 26.8. The number of carbonyl (C=O) groups is 1. The number of hydrogen-bond acceptors (Lipinski definition) is 2. The van der Waals surface area contributed by atoms with Crippen molar-refractivity contribution in [1.82, 2.24) is 5.32 Å². The molecular weight excluding hydrogens is 310 g/mol. The van der Waals surface area contributed by atoms with Gasteiger partial charge in [0.05, 0.1) is 6.04 Å². The third kappa shape index (κ3) is 4.38. The highest BCUT2D eigenvalue weighted by Gasteiger charge is 2.18. The highest BCUT2D eigenvalue weighted by Crippen LogP contribution is 2.19. The van der Waals surface area contributed by atoms with Crippen molar-refractivity contribution in [2.24, 2.45) is 0 Å². The zero-order chi connectivity index (χ0) is 17.9. The van der Waals surface area contributed by atoms with Gasteiger partial charge in [0.15, 0.2) is 0 Å². The van der Waals surface area contributed by atoms with Gasteiger partial charge in [-0.15, -0.1) is 0 Å². The van der Waals surface area contributed by atoms with Crippen molar-refractivity contribution in [3.63, 3.8) is 0 Å². The minimum atomic E-state index is -0.628. The fraction of sp³-hybridized carbons (Fsp3) is 0.316. The smallest absolute Gasteiger partial charge is 0.241 e. The lowest BCUT2D eigenvalue weighted by Gasteiger charge is -2.20. The average Bonchev–Trinajstić information content (AvgIpc) is 2.50. The molecule has 5 heteroatoms. The first-order valence-corrected chi connectivity index (χ1v) is 7.87. The van der Waals surface area contributed by atoms with E-state index in [1.807, 2.05) is 32.0 Å². The second-order valence-electron chi connectivity index (χ2n) is 6.06. The molecule has 0 aliphatic rings. The van der Waals surface area contributed by atoms with Crippen LogP contribution in [0.5, 0.6) is 0 Å². The van der Waals surface area contributed by atoms with Crippen molar-refractivity contribution in [1.29, 1.82) is 0 Å². The first-order chi connectivity index (χ1) is 11.3. The summed E-state index contributed by atoms with van der Waals surface area (Å²) in [6.45, 7) is 7.42. The fourth-order valence-electron chi connectivity index (χ4n) is 2.46. The van der Waals surface area contributed by atoms with Crippen molar-refractivity contribution in [2.45, 2.75) is 39.8 Å². The third-order valence-electron chi connectivity index (χ3n) is 4.10. The quantitative estimate of drug-likeness (QED) is 0.859. The van der Waals surface area contributed by atoms with Crippen LogP contribution in [0.15, 0.2) is 36.4 Å². The number of anilines is 1. The van der Waals surface area contributed by atoms with Crippen LogP contribution >= 0.6 is 0 Å². The van der Waals surface area contributed by atoms with E-state index in [-0.39, 0.29) is 5.91 Å². The Labute approximate surface area is 141 Å². The molecule has 0 spiro atoms. The van der Waals surface area contributed by atoms with Crippen molar-refractivity contribution < 1.29 is 13.6 Å². The lowest BCUT2D eigenvalue weighted by atomic mass is 10.1. The zero-order valence-electron chi connectivity index (χ0n) is 14.3. The molecule has 0 aromatic heterocycles. The number of carbonyl (C=O) groups excluding carboxylic acids is 1. The molecule has 128 valence electrons. The normalized spacial score (nSPS) is 13.4. The predicted octanol–water partition coefficient (Wildman–Crippen LogP) is 4.26. The first-order valence-electron chi connectivity index (χ1n) is 7.87. The van der Waals surface area contributed by atoms with Crippen molar-refractivity contribution in [3.8, 4) is 0 Å². The monoisotopic (exact) mass is 332 g/mol. The molecule has 2 aromatic rings. The van der Waals surface area contributed by atoms with Crippen LogP contribution in [0.1, 0.15) is 36.6 Å². The standard InChI is InChI=1S/C19H22F2N2O/c1-11-5-7-16(9-12(11)2)23-19(24)14(4)22-13(3)17-8-6-15(20)10-18(17)21/h5-10,13-14,22H,1-4H3,(H,23,24). The van der Waals surface area contributed by atoms with Crippen LogP contribution in [0.3, 0.4) is 0 Å². The second-order valence-corrected chi connectivity index (χ2v) is 6.06. The molecule has 0 heterocycles. The van der Waals surface area contributed by atoms with Crippen LogP contribution in [0.25, 0.3) is 0 Å². The summed E-state index contributed by atoms with van der Waals surface area (Å²) in [5.74, 6) is -1.46. The van der Waals surface area contributed by atoms with Gasteiger partial charge >= 0.3 is 0 Å². The van der Waals surface area contributed by atoms with E-state index in [1.165, 1.54) is 12.1 Å². The number of nitrogens with one attached hydrogen (secondary N) is 2. The molecule has 0 saturated carbocycles. The second kappa shape index (κ2) is 7.53. The van der Waals surface area contributed by atoms with Gasteiger partial charge in [0.1, 0.15) is 11.6 Å². The van der Waals surface area contributed by atoms with Gasteiger partial charge in [-0.1, -0.05) is 12.1 Å². The number of benzene rings is 2. The van der Waals surface area contributed by atoms with Gasteiger partial charge in [0.25, 0.3) is 0 Å². The van der Waals surface area contributed by atoms with Gasteiger partial charge < -0.3 is 5.32 Å². The van der Waals surface area contributed by atoms with E-state index in [0.29, 0.717) is 5.56 Å². The van der Waals surface area contributed by atoms with Crippen LogP contribution in [0.2, 0.25) is 0 Å². The van der Waals surface area contributed by atoms with Gasteiger partial charge in [-0.05, 0) is 57.0 Å².